The number of ether oxygens (including phenoxy) is 2. The predicted octanol–water partition coefficient (Wildman–Crippen LogP) is 4.30. The van der Waals surface area contributed by atoms with Crippen molar-refractivity contribution in [3.05, 3.63) is 63.2 Å². The van der Waals surface area contributed by atoms with Crippen molar-refractivity contribution >= 4 is 11.6 Å². The molecular formula is C21H26N2O5. The summed E-state index contributed by atoms with van der Waals surface area (Å²) in [5.74, 6) is 0.462. The first-order valence-corrected chi connectivity index (χ1v) is 9.06. The van der Waals surface area contributed by atoms with E-state index in [9.17, 15) is 14.9 Å². The normalized spacial score (nSPS) is 11.8. The van der Waals surface area contributed by atoms with Crippen LogP contribution in [0.4, 0.5) is 5.69 Å². The Hall–Kier alpha value is -3.09. The van der Waals surface area contributed by atoms with Crippen LogP contribution in [0.15, 0.2) is 36.4 Å². The molecule has 2 aromatic rings. The average molecular weight is 386 g/mol. The molecule has 0 aromatic heterocycles. The number of methoxy groups -OCH3 is 2. The van der Waals surface area contributed by atoms with Gasteiger partial charge in [-0.15, -0.1) is 0 Å². The van der Waals surface area contributed by atoms with Crippen LogP contribution in [0, 0.1) is 16.0 Å². The summed E-state index contributed by atoms with van der Waals surface area (Å²) in [5.41, 5.74) is 1.73. The molecule has 0 heterocycles. The first kappa shape index (κ1) is 21.2. The highest BCUT2D eigenvalue weighted by Crippen LogP contribution is 2.34. The number of carbonyl (C=O) groups excluding carboxylic acids is 1. The van der Waals surface area contributed by atoms with E-state index < -0.39 is 10.8 Å². The SMILES string of the molecule is COc1cc(C(=O)NC(C)c2ccc(CC(C)C)cc2)c([N+](=O)[O-])cc1OC. The fourth-order valence-electron chi connectivity index (χ4n) is 2.97. The third kappa shape index (κ3) is 5.00. The van der Waals surface area contributed by atoms with Gasteiger partial charge in [0.05, 0.1) is 31.3 Å². The van der Waals surface area contributed by atoms with Crippen LogP contribution in [-0.4, -0.2) is 25.1 Å². The summed E-state index contributed by atoms with van der Waals surface area (Å²) in [7, 11) is 2.79. The zero-order valence-corrected chi connectivity index (χ0v) is 16.8. The summed E-state index contributed by atoms with van der Waals surface area (Å²) < 4.78 is 10.3. The van der Waals surface area contributed by atoms with Crippen LogP contribution >= 0.6 is 0 Å². The summed E-state index contributed by atoms with van der Waals surface area (Å²) in [6.07, 6.45) is 0.985. The molecule has 2 aromatic carbocycles. The van der Waals surface area contributed by atoms with Crippen molar-refractivity contribution < 1.29 is 19.2 Å². The minimum atomic E-state index is -0.609. The van der Waals surface area contributed by atoms with E-state index >= 15 is 0 Å². The van der Waals surface area contributed by atoms with Crippen molar-refractivity contribution in [2.75, 3.05) is 14.2 Å². The van der Waals surface area contributed by atoms with Crippen molar-refractivity contribution in [2.24, 2.45) is 5.92 Å². The Balaban J connectivity index is 2.25. The summed E-state index contributed by atoms with van der Waals surface area (Å²) >= 11 is 0. The number of carbonyl (C=O) groups is 1. The third-order valence-corrected chi connectivity index (χ3v) is 4.41. The molecule has 1 amide bonds. The number of nitro groups is 1. The van der Waals surface area contributed by atoms with Crippen LogP contribution in [-0.2, 0) is 6.42 Å². The van der Waals surface area contributed by atoms with E-state index in [0.717, 1.165) is 12.0 Å². The van der Waals surface area contributed by atoms with Gasteiger partial charge in [-0.2, -0.15) is 0 Å². The molecule has 0 aliphatic rings. The second-order valence-electron chi connectivity index (χ2n) is 7.02. The van der Waals surface area contributed by atoms with Gasteiger partial charge < -0.3 is 14.8 Å². The second kappa shape index (κ2) is 9.21. The second-order valence-corrected chi connectivity index (χ2v) is 7.02. The lowest BCUT2D eigenvalue weighted by atomic mass is 9.99. The minimum Gasteiger partial charge on any atom is -0.493 e. The van der Waals surface area contributed by atoms with Crippen molar-refractivity contribution in [3.8, 4) is 11.5 Å². The number of rotatable bonds is 8. The summed E-state index contributed by atoms with van der Waals surface area (Å²) in [6, 6.07) is 10.2. The highest BCUT2D eigenvalue weighted by Gasteiger charge is 2.25. The first-order chi connectivity index (χ1) is 13.3. The smallest absolute Gasteiger partial charge is 0.286 e. The molecule has 0 bridgehead atoms. The Labute approximate surface area is 164 Å². The highest BCUT2D eigenvalue weighted by atomic mass is 16.6. The Bertz CT molecular complexity index is 847. The maximum atomic E-state index is 12.7. The Morgan fingerprint density at radius 3 is 2.14 bits per heavy atom. The molecule has 150 valence electrons. The fraction of sp³-hybridized carbons (Fsp3) is 0.381. The van der Waals surface area contributed by atoms with Gasteiger partial charge in [0, 0.05) is 6.07 Å². The summed E-state index contributed by atoms with van der Waals surface area (Å²) in [6.45, 7) is 6.15. The Morgan fingerprint density at radius 1 is 1.07 bits per heavy atom. The van der Waals surface area contributed by atoms with Crippen LogP contribution in [0.2, 0.25) is 0 Å². The van der Waals surface area contributed by atoms with Crippen LogP contribution in [0.3, 0.4) is 0 Å². The number of amides is 1. The topological polar surface area (TPSA) is 90.7 Å². The van der Waals surface area contributed by atoms with Crippen molar-refractivity contribution in [2.45, 2.75) is 33.2 Å². The third-order valence-electron chi connectivity index (χ3n) is 4.41. The summed E-state index contributed by atoms with van der Waals surface area (Å²) in [5, 5.41) is 14.2. The number of nitrogens with one attached hydrogen (secondary N) is 1. The monoisotopic (exact) mass is 386 g/mol. The predicted molar refractivity (Wildman–Crippen MR) is 107 cm³/mol. The number of benzene rings is 2. The highest BCUT2D eigenvalue weighted by molar-refractivity contribution is 5.99. The molecule has 0 saturated heterocycles. The van der Waals surface area contributed by atoms with Gasteiger partial charge in [0.15, 0.2) is 11.5 Å². The van der Waals surface area contributed by atoms with Crippen molar-refractivity contribution in [1.82, 2.24) is 5.32 Å². The largest absolute Gasteiger partial charge is 0.493 e. The van der Waals surface area contributed by atoms with Gasteiger partial charge in [0.1, 0.15) is 5.56 Å². The van der Waals surface area contributed by atoms with E-state index in [4.69, 9.17) is 9.47 Å². The van der Waals surface area contributed by atoms with Gasteiger partial charge in [-0.05, 0) is 30.4 Å². The minimum absolute atomic E-state index is 0.0778. The molecule has 0 radical (unpaired) electrons. The van der Waals surface area contributed by atoms with Gasteiger partial charge in [0.2, 0.25) is 0 Å². The molecule has 2 rings (SSSR count). The van der Waals surface area contributed by atoms with Gasteiger partial charge >= 0.3 is 0 Å². The number of nitro benzene ring substituents is 1. The molecule has 28 heavy (non-hydrogen) atoms. The number of hydrogen-bond donors (Lipinski definition) is 1. The molecular weight excluding hydrogens is 360 g/mol. The zero-order chi connectivity index (χ0) is 20.8. The average Bonchev–Trinajstić information content (AvgIpc) is 2.66. The molecule has 0 aliphatic heterocycles. The molecule has 1 atom stereocenters. The molecule has 7 heteroatoms. The van der Waals surface area contributed by atoms with Crippen molar-refractivity contribution in [3.63, 3.8) is 0 Å². The zero-order valence-electron chi connectivity index (χ0n) is 16.8. The molecule has 0 aliphatic carbocycles. The van der Waals surface area contributed by atoms with Gasteiger partial charge in [-0.3, -0.25) is 14.9 Å². The molecule has 1 N–H and O–H groups in total. The summed E-state index contributed by atoms with van der Waals surface area (Å²) in [4.78, 5) is 23.5. The van der Waals surface area contributed by atoms with E-state index in [1.54, 1.807) is 0 Å². The Morgan fingerprint density at radius 2 is 1.64 bits per heavy atom. The molecule has 0 spiro atoms. The maximum Gasteiger partial charge on any atom is 0.286 e. The molecule has 0 saturated carbocycles. The van der Waals surface area contributed by atoms with Crippen LogP contribution < -0.4 is 14.8 Å². The fourth-order valence-corrected chi connectivity index (χ4v) is 2.97. The van der Waals surface area contributed by atoms with Gasteiger partial charge in [-0.1, -0.05) is 38.1 Å². The maximum absolute atomic E-state index is 12.7. The van der Waals surface area contributed by atoms with E-state index in [-0.39, 0.29) is 28.8 Å². The molecule has 1 unspecified atom stereocenters. The van der Waals surface area contributed by atoms with E-state index in [2.05, 4.69) is 19.2 Å². The van der Waals surface area contributed by atoms with Gasteiger partial charge in [0.25, 0.3) is 11.6 Å². The standard InChI is InChI=1S/C21H26N2O5/c1-13(2)10-15-6-8-16(9-7-15)14(3)22-21(24)17-11-19(27-4)20(28-5)12-18(17)23(25)26/h6-9,11-14H,10H2,1-5H3,(H,22,24). The van der Waals surface area contributed by atoms with Crippen molar-refractivity contribution in [1.29, 1.82) is 0 Å². The molecule has 0 fully saturated rings. The first-order valence-electron chi connectivity index (χ1n) is 9.06. The van der Waals surface area contributed by atoms with E-state index in [1.807, 2.05) is 31.2 Å². The number of hydrogen-bond acceptors (Lipinski definition) is 5. The van der Waals surface area contributed by atoms with Gasteiger partial charge in [-0.25, -0.2) is 0 Å². The number of nitrogens with zero attached hydrogens (tertiary/aromatic N) is 1. The lowest BCUT2D eigenvalue weighted by molar-refractivity contribution is -0.385. The lowest BCUT2D eigenvalue weighted by Crippen LogP contribution is -2.27. The molecule has 7 nitrogen and oxygen atoms in total. The van der Waals surface area contributed by atoms with Crippen LogP contribution in [0.1, 0.15) is 48.3 Å². The van der Waals surface area contributed by atoms with Crippen LogP contribution in [0.25, 0.3) is 0 Å². The lowest BCUT2D eigenvalue weighted by Gasteiger charge is -2.16. The van der Waals surface area contributed by atoms with E-state index in [0.29, 0.717) is 5.92 Å². The van der Waals surface area contributed by atoms with Crippen LogP contribution in [0.5, 0.6) is 11.5 Å². The Kier molecular flexibility index (Phi) is 6.98. The quantitative estimate of drug-likeness (QED) is 0.539. The van der Waals surface area contributed by atoms with E-state index in [1.165, 1.54) is 31.9 Å².